The molecule has 4 heterocycles. The third-order valence-corrected chi connectivity index (χ3v) is 12.1. The monoisotopic (exact) mass is 966 g/mol. The molecule has 4 aliphatic heterocycles. The van der Waals surface area contributed by atoms with Crippen LogP contribution in [0.25, 0.3) is 0 Å². The zero-order valence-corrected chi connectivity index (χ0v) is 40.0. The normalized spacial score (nSPS) is 38.9. The second kappa shape index (κ2) is 27.3. The summed E-state index contributed by atoms with van der Waals surface area (Å²) < 4.78 is 75.7. The minimum absolute atomic E-state index is 0.0188. The minimum atomic E-state index is -1.85. The van der Waals surface area contributed by atoms with Crippen molar-refractivity contribution in [2.24, 2.45) is 0 Å². The largest absolute Gasteiger partial charge is 0.457 e. The molecule has 0 bridgehead atoms. The van der Waals surface area contributed by atoms with Gasteiger partial charge >= 0.3 is 23.9 Å². The molecular weight excluding hydrogens is 892 g/mol. The first-order chi connectivity index (χ1) is 31.8. The van der Waals surface area contributed by atoms with Crippen molar-refractivity contribution in [2.45, 2.75) is 249 Å². The van der Waals surface area contributed by atoms with E-state index in [2.05, 4.69) is 6.92 Å². The van der Waals surface area contributed by atoms with Crippen LogP contribution in [-0.4, -0.2) is 180 Å². The number of ether oxygens (including phenoxy) is 13. The average molecular weight is 967 g/mol. The van der Waals surface area contributed by atoms with Gasteiger partial charge in [-0.2, -0.15) is 0 Å². The van der Waals surface area contributed by atoms with Gasteiger partial charge < -0.3 is 82.0 Å². The summed E-state index contributed by atoms with van der Waals surface area (Å²) in [6.45, 7) is 12.9. The second-order valence-corrected chi connectivity index (χ2v) is 17.6. The van der Waals surface area contributed by atoms with E-state index in [4.69, 9.17) is 61.6 Å². The maximum Gasteiger partial charge on any atom is 0.303 e. The highest BCUT2D eigenvalue weighted by molar-refractivity contribution is 5.67. The molecule has 22 heteroatoms. The van der Waals surface area contributed by atoms with Crippen molar-refractivity contribution in [1.29, 1.82) is 0 Å². The first kappa shape index (κ1) is 56.5. The quantitative estimate of drug-likeness (QED) is 0.0464. The van der Waals surface area contributed by atoms with Gasteiger partial charge in [0.25, 0.3) is 6.47 Å². The molecule has 386 valence electrons. The van der Waals surface area contributed by atoms with E-state index in [1.165, 1.54) is 59.3 Å². The summed E-state index contributed by atoms with van der Waals surface area (Å²) in [5.74, 6) is -3.25. The standard InChI is InChI=1S/C45H74O22/c1-10-11-12-13-14-15-16-17-18-19-20-55-42-31(52)30(51)34(22(2)57-42)65-43-33(54)38(36(24(4)58-43)62-27(7)48)66-45-41(56-21-46)40(37(25(5)60-45)63-28(8)49)67-44-39(64-29(9)50)32(53)35(23(3)59-44)61-26(6)47/h21-25,30-45,51-54H,10-20H2,1-9H3. The van der Waals surface area contributed by atoms with E-state index in [-0.39, 0.29) is 6.47 Å². The summed E-state index contributed by atoms with van der Waals surface area (Å²) in [4.78, 5) is 61.2. The molecule has 0 aromatic rings. The third-order valence-electron chi connectivity index (χ3n) is 12.1. The first-order valence-electron chi connectivity index (χ1n) is 23.5. The van der Waals surface area contributed by atoms with Crippen molar-refractivity contribution in [3.63, 3.8) is 0 Å². The molecule has 0 amide bonds. The third kappa shape index (κ3) is 15.9. The van der Waals surface area contributed by atoms with Gasteiger partial charge in [-0.3, -0.25) is 24.0 Å². The Hall–Kier alpha value is -3.13. The molecule has 0 radical (unpaired) electrons. The highest BCUT2D eigenvalue weighted by Gasteiger charge is 2.58. The van der Waals surface area contributed by atoms with Crippen LogP contribution in [0.1, 0.15) is 127 Å². The molecule has 0 aromatic carbocycles. The first-order valence-corrected chi connectivity index (χ1v) is 23.5. The van der Waals surface area contributed by atoms with Crippen LogP contribution in [0.5, 0.6) is 0 Å². The van der Waals surface area contributed by atoms with E-state index in [1.54, 1.807) is 6.92 Å². The molecule has 67 heavy (non-hydrogen) atoms. The highest BCUT2D eigenvalue weighted by Crippen LogP contribution is 2.37. The maximum atomic E-state index is 12.4. The van der Waals surface area contributed by atoms with Crippen LogP contribution in [0.15, 0.2) is 0 Å². The number of hydrogen-bond acceptors (Lipinski definition) is 22. The number of aliphatic hydroxyl groups excluding tert-OH is 4. The lowest BCUT2D eigenvalue weighted by Gasteiger charge is -2.50. The summed E-state index contributed by atoms with van der Waals surface area (Å²) in [7, 11) is 0. The van der Waals surface area contributed by atoms with E-state index < -0.39 is 147 Å². The molecule has 0 aliphatic carbocycles. The van der Waals surface area contributed by atoms with Crippen LogP contribution in [0.2, 0.25) is 0 Å². The summed E-state index contributed by atoms with van der Waals surface area (Å²) in [5, 5.41) is 45.6. The maximum absolute atomic E-state index is 12.4. The predicted octanol–water partition coefficient (Wildman–Crippen LogP) is 1.77. The summed E-state index contributed by atoms with van der Waals surface area (Å²) >= 11 is 0. The smallest absolute Gasteiger partial charge is 0.303 e. The molecule has 0 aromatic heterocycles. The Balaban J connectivity index is 1.51. The van der Waals surface area contributed by atoms with E-state index in [0.29, 0.717) is 6.61 Å². The Bertz CT molecular complexity index is 1550. The van der Waals surface area contributed by atoms with E-state index in [0.717, 1.165) is 53.4 Å². The van der Waals surface area contributed by atoms with Crippen LogP contribution in [0, 0.1) is 0 Å². The van der Waals surface area contributed by atoms with Gasteiger partial charge in [-0.25, -0.2) is 0 Å². The molecule has 4 aliphatic rings. The van der Waals surface area contributed by atoms with Crippen LogP contribution < -0.4 is 0 Å². The van der Waals surface area contributed by atoms with E-state index >= 15 is 0 Å². The van der Waals surface area contributed by atoms with Gasteiger partial charge in [-0.1, -0.05) is 64.7 Å². The molecule has 0 spiro atoms. The Morgan fingerprint density at radius 1 is 0.433 bits per heavy atom. The Morgan fingerprint density at radius 3 is 1.37 bits per heavy atom. The van der Waals surface area contributed by atoms with Gasteiger partial charge in [0.15, 0.2) is 55.7 Å². The van der Waals surface area contributed by atoms with Crippen LogP contribution in [0.4, 0.5) is 0 Å². The Kier molecular flexibility index (Phi) is 23.0. The van der Waals surface area contributed by atoms with Gasteiger partial charge in [-0.05, 0) is 34.1 Å². The topological polar surface area (TPSA) is 286 Å². The van der Waals surface area contributed by atoms with E-state index in [9.17, 15) is 44.4 Å². The van der Waals surface area contributed by atoms with Gasteiger partial charge in [-0.15, -0.1) is 0 Å². The van der Waals surface area contributed by atoms with Gasteiger partial charge in [0.05, 0.1) is 24.4 Å². The zero-order chi connectivity index (χ0) is 49.5. The fourth-order valence-corrected chi connectivity index (χ4v) is 8.77. The number of hydrogen-bond donors (Lipinski definition) is 4. The summed E-state index contributed by atoms with van der Waals surface area (Å²) in [6, 6.07) is 0. The van der Waals surface area contributed by atoms with Crippen molar-refractivity contribution in [3.05, 3.63) is 0 Å². The van der Waals surface area contributed by atoms with Crippen molar-refractivity contribution >= 4 is 30.3 Å². The zero-order valence-electron chi connectivity index (χ0n) is 40.0. The van der Waals surface area contributed by atoms with Gasteiger partial charge in [0, 0.05) is 34.3 Å². The van der Waals surface area contributed by atoms with Crippen molar-refractivity contribution in [3.8, 4) is 0 Å². The SMILES string of the molecule is CCCCCCCCCCCCOC1OC(C)C(OC2OC(C)C(OC(C)=O)C(OC3OC(C)C(OC(C)=O)C(OC4OC(C)C(OC(C)=O)C(O)C4OC(C)=O)C3OC=O)C2O)C(O)C1O. The summed E-state index contributed by atoms with van der Waals surface area (Å²) in [6.07, 6.45) is -17.7. The molecule has 4 fully saturated rings. The number of carbonyl (C=O) groups excluding carboxylic acids is 5. The molecular formula is C45H74O22. The van der Waals surface area contributed by atoms with Crippen LogP contribution >= 0.6 is 0 Å². The second-order valence-electron chi connectivity index (χ2n) is 17.6. The highest BCUT2D eigenvalue weighted by atomic mass is 16.8. The van der Waals surface area contributed by atoms with Gasteiger partial charge in [0.2, 0.25) is 0 Å². The Morgan fingerprint density at radius 2 is 0.836 bits per heavy atom. The molecule has 4 rings (SSSR count). The van der Waals surface area contributed by atoms with Crippen molar-refractivity contribution < 1.29 is 106 Å². The number of carbonyl (C=O) groups is 5. The van der Waals surface area contributed by atoms with Crippen LogP contribution in [0.3, 0.4) is 0 Å². The molecule has 0 saturated carbocycles. The number of esters is 4. The fraction of sp³-hybridized carbons (Fsp3) is 0.889. The lowest BCUT2D eigenvalue weighted by Crippen LogP contribution is -2.67. The van der Waals surface area contributed by atoms with Crippen molar-refractivity contribution in [2.75, 3.05) is 6.61 Å². The van der Waals surface area contributed by atoms with E-state index in [1.807, 2.05) is 0 Å². The molecule has 4 N–H and O–H groups in total. The minimum Gasteiger partial charge on any atom is -0.457 e. The lowest BCUT2D eigenvalue weighted by molar-refractivity contribution is -0.384. The van der Waals surface area contributed by atoms with Gasteiger partial charge in [0.1, 0.15) is 42.7 Å². The number of rotatable bonds is 24. The Labute approximate surface area is 391 Å². The predicted molar refractivity (Wildman–Crippen MR) is 227 cm³/mol. The molecule has 22 nitrogen and oxygen atoms in total. The number of unbranched alkanes of at least 4 members (excludes halogenated alkanes) is 9. The fourth-order valence-electron chi connectivity index (χ4n) is 8.77. The average Bonchev–Trinajstić information content (AvgIpc) is 3.25. The molecule has 4 saturated heterocycles. The molecule has 20 atom stereocenters. The van der Waals surface area contributed by atoms with Crippen molar-refractivity contribution in [1.82, 2.24) is 0 Å². The number of aliphatic hydroxyl groups is 4. The van der Waals surface area contributed by atoms with Crippen LogP contribution in [-0.2, 0) is 85.6 Å². The molecule has 20 unspecified atom stereocenters. The summed E-state index contributed by atoms with van der Waals surface area (Å²) in [5.41, 5.74) is 0. The lowest BCUT2D eigenvalue weighted by atomic mass is 9.95.